The van der Waals surface area contributed by atoms with E-state index in [1.807, 2.05) is 58.0 Å². The van der Waals surface area contributed by atoms with Crippen LogP contribution in [0.5, 0.6) is 0 Å². The van der Waals surface area contributed by atoms with E-state index in [4.69, 9.17) is 18.9 Å². The first-order chi connectivity index (χ1) is 19.6. The van der Waals surface area contributed by atoms with Crippen LogP contribution in [0.4, 0.5) is 4.79 Å². The second-order valence-electron chi connectivity index (χ2n) is 12.2. The summed E-state index contributed by atoms with van der Waals surface area (Å²) in [5.41, 5.74) is 0.381. The van der Waals surface area contributed by atoms with Crippen LogP contribution in [0.3, 0.4) is 0 Å². The van der Waals surface area contributed by atoms with Crippen molar-refractivity contribution in [2.45, 2.75) is 96.9 Å². The smallest absolute Gasteiger partial charge is 0.410 e. The van der Waals surface area contributed by atoms with Crippen LogP contribution in [0.25, 0.3) is 0 Å². The van der Waals surface area contributed by atoms with Gasteiger partial charge in [0.1, 0.15) is 18.2 Å². The summed E-state index contributed by atoms with van der Waals surface area (Å²) < 4.78 is 23.3. The van der Waals surface area contributed by atoms with Gasteiger partial charge in [-0.3, -0.25) is 19.4 Å². The molecule has 0 N–H and O–H groups in total. The standard InChI is InChI=1S/C31H47N3O7/c1-5-38-27(35)24-13-15-25(16-14-24)40-29(34-17-9-12-26(34)28(36)41-31(2,3)4)32-18-20-33(21-19-32)30(37)39-22-23-10-7-6-8-11-23/h6-8,10-11,24-26,29H,5,9,12-22H2,1-4H3/t24?,25?,26-,29-/m0/s1. The Balaban J connectivity index is 1.39. The van der Waals surface area contributed by atoms with Gasteiger partial charge >= 0.3 is 18.0 Å². The third kappa shape index (κ3) is 8.90. The van der Waals surface area contributed by atoms with Gasteiger partial charge < -0.3 is 23.8 Å². The zero-order chi connectivity index (χ0) is 29.4. The second-order valence-corrected chi connectivity index (χ2v) is 12.2. The Morgan fingerprint density at radius 3 is 2.20 bits per heavy atom. The van der Waals surface area contributed by atoms with E-state index >= 15 is 0 Å². The predicted octanol–water partition coefficient (Wildman–Crippen LogP) is 4.17. The Bertz CT molecular complexity index is 999. The molecule has 2 atom stereocenters. The lowest BCUT2D eigenvalue weighted by atomic mass is 9.87. The number of piperazine rings is 1. The Hall–Kier alpha value is -2.69. The fourth-order valence-corrected chi connectivity index (χ4v) is 5.85. The monoisotopic (exact) mass is 573 g/mol. The average molecular weight is 574 g/mol. The summed E-state index contributed by atoms with van der Waals surface area (Å²) in [6.07, 6.45) is 3.81. The zero-order valence-electron chi connectivity index (χ0n) is 25.1. The highest BCUT2D eigenvalue weighted by Crippen LogP contribution is 2.32. The maximum absolute atomic E-state index is 13.2. The molecular weight excluding hydrogens is 526 g/mol. The normalized spacial score (nSPS) is 25.0. The SMILES string of the molecule is CCOC(=O)C1CCC(O[C@@H](N2CCN(C(=O)OCc3ccccc3)CC2)N2CCC[C@H]2C(=O)OC(C)(C)C)CC1. The summed E-state index contributed by atoms with van der Waals surface area (Å²) in [4.78, 5) is 44.3. The molecule has 1 aromatic rings. The number of hydrogen-bond acceptors (Lipinski definition) is 9. The summed E-state index contributed by atoms with van der Waals surface area (Å²) in [5.74, 6) is -0.431. The largest absolute Gasteiger partial charge is 0.466 e. The molecule has 0 unspecified atom stereocenters. The lowest BCUT2D eigenvalue weighted by Gasteiger charge is -2.45. The van der Waals surface area contributed by atoms with Crippen LogP contribution in [0.15, 0.2) is 30.3 Å². The molecule has 3 aliphatic rings. The molecule has 2 aliphatic heterocycles. The first-order valence-electron chi connectivity index (χ1n) is 15.1. The molecule has 10 nitrogen and oxygen atoms in total. The third-order valence-corrected chi connectivity index (χ3v) is 7.96. The van der Waals surface area contributed by atoms with Gasteiger partial charge in [-0.05, 0) is 71.8 Å². The molecule has 0 bridgehead atoms. The Morgan fingerprint density at radius 1 is 0.878 bits per heavy atom. The van der Waals surface area contributed by atoms with Crippen LogP contribution in [0.1, 0.15) is 71.8 Å². The van der Waals surface area contributed by atoms with Gasteiger partial charge in [0, 0.05) is 32.7 Å². The van der Waals surface area contributed by atoms with Gasteiger partial charge in [0.15, 0.2) is 6.35 Å². The number of hydrogen-bond donors (Lipinski definition) is 0. The molecule has 228 valence electrons. The molecule has 1 amide bonds. The average Bonchev–Trinajstić information content (AvgIpc) is 3.45. The fraction of sp³-hybridized carbons (Fsp3) is 0.710. The zero-order valence-corrected chi connectivity index (χ0v) is 25.1. The molecule has 41 heavy (non-hydrogen) atoms. The van der Waals surface area contributed by atoms with Crippen LogP contribution in [-0.4, -0.2) is 96.2 Å². The molecule has 0 radical (unpaired) electrons. The molecule has 0 spiro atoms. The maximum atomic E-state index is 13.2. The van der Waals surface area contributed by atoms with Gasteiger partial charge in [0.25, 0.3) is 0 Å². The predicted molar refractivity (Wildman–Crippen MR) is 153 cm³/mol. The van der Waals surface area contributed by atoms with Crippen LogP contribution in [-0.2, 0) is 35.1 Å². The highest BCUT2D eigenvalue weighted by atomic mass is 16.6. The van der Waals surface area contributed by atoms with E-state index < -0.39 is 12.0 Å². The fourth-order valence-electron chi connectivity index (χ4n) is 5.85. The molecule has 2 heterocycles. The Morgan fingerprint density at radius 2 is 1.56 bits per heavy atom. The molecule has 3 fully saturated rings. The summed E-state index contributed by atoms with van der Waals surface area (Å²) in [7, 11) is 0. The van der Waals surface area contributed by atoms with Crippen LogP contribution >= 0.6 is 0 Å². The lowest BCUT2D eigenvalue weighted by Crippen LogP contribution is -2.60. The number of amides is 1. The number of nitrogens with zero attached hydrogens (tertiary/aromatic N) is 3. The number of rotatable bonds is 9. The first kappa shape index (κ1) is 31.3. The molecule has 1 aromatic carbocycles. The van der Waals surface area contributed by atoms with Gasteiger partial charge in [0.05, 0.1) is 18.6 Å². The molecule has 0 aromatic heterocycles. The Labute approximate surface area is 244 Å². The summed E-state index contributed by atoms with van der Waals surface area (Å²) in [5, 5.41) is 0. The van der Waals surface area contributed by atoms with Crippen molar-refractivity contribution < 1.29 is 33.3 Å². The molecular formula is C31H47N3O7. The van der Waals surface area contributed by atoms with Crippen LogP contribution < -0.4 is 0 Å². The van der Waals surface area contributed by atoms with Crippen molar-refractivity contribution >= 4 is 18.0 Å². The number of ether oxygens (including phenoxy) is 4. The van der Waals surface area contributed by atoms with Crippen LogP contribution in [0, 0.1) is 5.92 Å². The first-order valence-corrected chi connectivity index (χ1v) is 15.1. The van der Waals surface area contributed by atoms with Crippen molar-refractivity contribution in [1.29, 1.82) is 0 Å². The Kier molecular flexibility index (Phi) is 11.0. The van der Waals surface area contributed by atoms with Crippen molar-refractivity contribution in [1.82, 2.24) is 14.7 Å². The maximum Gasteiger partial charge on any atom is 0.410 e. The van der Waals surface area contributed by atoms with Gasteiger partial charge in [-0.1, -0.05) is 30.3 Å². The molecule has 10 heteroatoms. The van der Waals surface area contributed by atoms with E-state index in [2.05, 4.69) is 9.80 Å². The van der Waals surface area contributed by atoms with Gasteiger partial charge in [-0.25, -0.2) is 4.79 Å². The second kappa shape index (κ2) is 14.5. The summed E-state index contributed by atoms with van der Waals surface area (Å²) in [6, 6.07) is 9.27. The van der Waals surface area contributed by atoms with E-state index in [1.54, 1.807) is 4.90 Å². The van der Waals surface area contributed by atoms with Gasteiger partial charge in [0.2, 0.25) is 0 Å². The number of benzene rings is 1. The van der Waals surface area contributed by atoms with E-state index in [9.17, 15) is 14.4 Å². The number of likely N-dealkylation sites (tertiary alicyclic amines) is 1. The number of carbonyl (C=O) groups is 3. The van der Waals surface area contributed by atoms with Gasteiger partial charge in [-0.2, -0.15) is 0 Å². The molecule has 2 saturated heterocycles. The van der Waals surface area contributed by atoms with E-state index in [1.165, 1.54) is 0 Å². The van der Waals surface area contributed by atoms with E-state index in [0.29, 0.717) is 32.8 Å². The highest BCUT2D eigenvalue weighted by molar-refractivity contribution is 5.76. The van der Waals surface area contributed by atoms with E-state index in [-0.39, 0.29) is 42.7 Å². The molecule has 4 rings (SSSR count). The minimum Gasteiger partial charge on any atom is -0.466 e. The van der Waals surface area contributed by atoms with Gasteiger partial charge in [-0.15, -0.1) is 0 Å². The summed E-state index contributed by atoms with van der Waals surface area (Å²) in [6.45, 7) is 11.1. The molecule has 1 saturated carbocycles. The van der Waals surface area contributed by atoms with Crippen molar-refractivity contribution in [3.63, 3.8) is 0 Å². The highest BCUT2D eigenvalue weighted by Gasteiger charge is 2.43. The van der Waals surface area contributed by atoms with Crippen molar-refractivity contribution in [2.24, 2.45) is 5.92 Å². The van der Waals surface area contributed by atoms with Crippen LogP contribution in [0.2, 0.25) is 0 Å². The van der Waals surface area contributed by atoms with Crippen molar-refractivity contribution in [3.05, 3.63) is 35.9 Å². The quantitative estimate of drug-likeness (QED) is 0.318. The topological polar surface area (TPSA) is 97.9 Å². The lowest BCUT2D eigenvalue weighted by molar-refractivity contribution is -0.207. The van der Waals surface area contributed by atoms with E-state index in [0.717, 1.165) is 50.6 Å². The number of esters is 2. The third-order valence-electron chi connectivity index (χ3n) is 7.96. The van der Waals surface area contributed by atoms with Crippen molar-refractivity contribution in [3.8, 4) is 0 Å². The molecule has 1 aliphatic carbocycles. The minimum absolute atomic E-state index is 0.0283. The summed E-state index contributed by atoms with van der Waals surface area (Å²) >= 11 is 0. The van der Waals surface area contributed by atoms with Crippen molar-refractivity contribution in [2.75, 3.05) is 39.3 Å². The number of carbonyl (C=O) groups excluding carboxylic acids is 3. The minimum atomic E-state index is -0.571.